The molecule has 1 N–H and O–H groups in total. The minimum atomic E-state index is -0.288. The fraction of sp³-hybridized carbons (Fsp3) is 0.545. The van der Waals surface area contributed by atoms with Crippen LogP contribution >= 0.6 is 11.8 Å². The van der Waals surface area contributed by atoms with Crippen LogP contribution in [0, 0.1) is 5.82 Å². The third-order valence-corrected chi connectivity index (χ3v) is 4.44. The van der Waals surface area contributed by atoms with Crippen LogP contribution in [-0.2, 0) is 0 Å². The lowest BCUT2D eigenvalue weighted by Crippen LogP contribution is -2.40. The number of anilines is 1. The maximum atomic E-state index is 12.6. The van der Waals surface area contributed by atoms with Crippen LogP contribution in [0.4, 0.5) is 10.2 Å². The Morgan fingerprint density at radius 1 is 1.53 bits per heavy atom. The SMILES string of the molecule is CSC1(CNc2ccc(F)cn2)CCC1. The first-order chi connectivity index (χ1) is 7.24. The standard InChI is InChI=1S/C11H15FN2S/c1-15-11(5-2-6-11)8-14-10-4-3-9(12)7-13-10/h3-4,7H,2,5-6,8H2,1H3,(H,13,14). The lowest BCUT2D eigenvalue weighted by Gasteiger charge is -2.40. The topological polar surface area (TPSA) is 24.9 Å². The number of aromatic nitrogens is 1. The van der Waals surface area contributed by atoms with Gasteiger partial charge in [0.25, 0.3) is 0 Å². The van der Waals surface area contributed by atoms with Crippen LogP contribution < -0.4 is 5.32 Å². The summed E-state index contributed by atoms with van der Waals surface area (Å²) in [7, 11) is 0. The highest BCUT2D eigenvalue weighted by atomic mass is 32.2. The van der Waals surface area contributed by atoms with Gasteiger partial charge in [-0.1, -0.05) is 6.42 Å². The van der Waals surface area contributed by atoms with E-state index < -0.39 is 0 Å². The van der Waals surface area contributed by atoms with Crippen molar-refractivity contribution in [2.75, 3.05) is 18.1 Å². The molecular weight excluding hydrogens is 211 g/mol. The zero-order chi connectivity index (χ0) is 10.7. The number of hydrogen-bond donors (Lipinski definition) is 1. The third kappa shape index (κ3) is 2.43. The van der Waals surface area contributed by atoms with Crippen LogP contribution in [0.15, 0.2) is 18.3 Å². The molecule has 0 spiro atoms. The molecule has 2 rings (SSSR count). The quantitative estimate of drug-likeness (QED) is 0.854. The molecule has 1 aliphatic rings. The van der Waals surface area contributed by atoms with Crippen molar-refractivity contribution in [2.24, 2.45) is 0 Å². The van der Waals surface area contributed by atoms with Crippen LogP contribution in [0.25, 0.3) is 0 Å². The molecule has 0 atom stereocenters. The molecule has 0 saturated heterocycles. The van der Waals surface area contributed by atoms with Gasteiger partial charge in [-0.15, -0.1) is 0 Å². The Bertz CT molecular complexity index is 316. The molecule has 0 amide bonds. The van der Waals surface area contributed by atoms with Crippen molar-refractivity contribution in [2.45, 2.75) is 24.0 Å². The molecule has 0 radical (unpaired) electrons. The Labute approximate surface area is 93.7 Å². The van der Waals surface area contributed by atoms with Crippen LogP contribution in [0.1, 0.15) is 19.3 Å². The molecule has 2 nitrogen and oxygen atoms in total. The predicted octanol–water partition coefficient (Wildman–Crippen LogP) is 2.92. The molecule has 1 aromatic heterocycles. The highest BCUT2D eigenvalue weighted by Gasteiger charge is 2.35. The largest absolute Gasteiger partial charge is 0.369 e. The first kappa shape index (κ1) is 10.7. The van der Waals surface area contributed by atoms with Gasteiger partial charge in [0.15, 0.2) is 0 Å². The van der Waals surface area contributed by atoms with E-state index in [4.69, 9.17) is 0 Å². The van der Waals surface area contributed by atoms with Gasteiger partial charge in [-0.3, -0.25) is 0 Å². The molecule has 1 aromatic rings. The van der Waals surface area contributed by atoms with Gasteiger partial charge in [0.1, 0.15) is 11.6 Å². The summed E-state index contributed by atoms with van der Waals surface area (Å²) in [5.74, 6) is 0.473. The summed E-state index contributed by atoms with van der Waals surface area (Å²) in [5, 5.41) is 3.27. The number of thioether (sulfide) groups is 1. The number of pyridine rings is 1. The minimum Gasteiger partial charge on any atom is -0.369 e. The average molecular weight is 226 g/mol. The van der Waals surface area contributed by atoms with E-state index in [0.717, 1.165) is 12.4 Å². The molecule has 1 aliphatic carbocycles. The molecular formula is C11H15FN2S. The van der Waals surface area contributed by atoms with Gasteiger partial charge in [0.05, 0.1) is 6.20 Å². The first-order valence-corrected chi connectivity index (χ1v) is 6.37. The van der Waals surface area contributed by atoms with E-state index in [1.165, 1.54) is 31.5 Å². The number of hydrogen-bond acceptors (Lipinski definition) is 3. The Kier molecular flexibility index (Phi) is 3.14. The van der Waals surface area contributed by atoms with Crippen molar-refractivity contribution in [1.29, 1.82) is 0 Å². The predicted molar refractivity (Wildman–Crippen MR) is 62.8 cm³/mol. The van der Waals surface area contributed by atoms with Gasteiger partial charge in [-0.25, -0.2) is 9.37 Å². The second kappa shape index (κ2) is 4.39. The molecule has 1 fully saturated rings. The van der Waals surface area contributed by atoms with Gasteiger partial charge in [0.2, 0.25) is 0 Å². The van der Waals surface area contributed by atoms with E-state index >= 15 is 0 Å². The summed E-state index contributed by atoms with van der Waals surface area (Å²) >= 11 is 1.92. The zero-order valence-electron chi connectivity index (χ0n) is 8.79. The van der Waals surface area contributed by atoms with Crippen LogP contribution in [-0.4, -0.2) is 22.5 Å². The van der Waals surface area contributed by atoms with Crippen molar-refractivity contribution >= 4 is 17.6 Å². The van der Waals surface area contributed by atoms with Crippen LogP contribution in [0.2, 0.25) is 0 Å². The summed E-state index contributed by atoms with van der Waals surface area (Å²) < 4.78 is 13.0. The van der Waals surface area contributed by atoms with E-state index in [1.54, 1.807) is 6.07 Å². The van der Waals surface area contributed by atoms with E-state index in [1.807, 2.05) is 11.8 Å². The molecule has 82 valence electrons. The normalized spacial score (nSPS) is 18.3. The Morgan fingerprint density at radius 2 is 2.33 bits per heavy atom. The average Bonchev–Trinajstić information content (AvgIpc) is 2.20. The van der Waals surface area contributed by atoms with Gasteiger partial charge in [0, 0.05) is 11.3 Å². The maximum Gasteiger partial charge on any atom is 0.141 e. The lowest BCUT2D eigenvalue weighted by atomic mass is 9.84. The Balaban J connectivity index is 1.90. The van der Waals surface area contributed by atoms with E-state index in [-0.39, 0.29) is 5.82 Å². The number of nitrogens with zero attached hydrogens (tertiary/aromatic N) is 1. The van der Waals surface area contributed by atoms with Gasteiger partial charge < -0.3 is 5.32 Å². The fourth-order valence-electron chi connectivity index (χ4n) is 1.76. The lowest BCUT2D eigenvalue weighted by molar-refractivity contribution is 0.379. The maximum absolute atomic E-state index is 12.6. The highest BCUT2D eigenvalue weighted by Crippen LogP contribution is 2.42. The summed E-state index contributed by atoms with van der Waals surface area (Å²) in [6.07, 6.45) is 7.25. The van der Waals surface area contributed by atoms with E-state index in [0.29, 0.717) is 4.75 Å². The van der Waals surface area contributed by atoms with Crippen LogP contribution in [0.3, 0.4) is 0 Å². The van der Waals surface area contributed by atoms with Crippen molar-refractivity contribution < 1.29 is 4.39 Å². The Morgan fingerprint density at radius 3 is 2.80 bits per heavy atom. The van der Waals surface area contributed by atoms with Gasteiger partial charge in [-0.05, 0) is 31.2 Å². The number of nitrogens with one attached hydrogen (secondary N) is 1. The Hall–Kier alpha value is -0.770. The zero-order valence-corrected chi connectivity index (χ0v) is 9.61. The van der Waals surface area contributed by atoms with Crippen molar-refractivity contribution in [3.05, 3.63) is 24.1 Å². The number of halogens is 1. The second-order valence-electron chi connectivity index (χ2n) is 3.96. The highest BCUT2D eigenvalue weighted by molar-refractivity contribution is 8.00. The van der Waals surface area contributed by atoms with E-state index in [2.05, 4.69) is 16.6 Å². The van der Waals surface area contributed by atoms with Gasteiger partial charge in [-0.2, -0.15) is 11.8 Å². The molecule has 4 heteroatoms. The summed E-state index contributed by atoms with van der Waals surface area (Å²) in [6.45, 7) is 0.923. The van der Waals surface area contributed by atoms with Gasteiger partial charge >= 0.3 is 0 Å². The molecule has 1 saturated carbocycles. The minimum absolute atomic E-state index is 0.288. The van der Waals surface area contributed by atoms with E-state index in [9.17, 15) is 4.39 Å². The third-order valence-electron chi connectivity index (χ3n) is 3.02. The molecule has 0 aliphatic heterocycles. The summed E-state index contributed by atoms with van der Waals surface area (Å²) in [4.78, 5) is 3.98. The molecule has 1 heterocycles. The summed E-state index contributed by atoms with van der Waals surface area (Å²) in [6, 6.07) is 3.11. The molecule has 0 bridgehead atoms. The van der Waals surface area contributed by atoms with Crippen molar-refractivity contribution in [3.63, 3.8) is 0 Å². The second-order valence-corrected chi connectivity index (χ2v) is 5.23. The molecule has 0 aromatic carbocycles. The van der Waals surface area contributed by atoms with Crippen molar-refractivity contribution in [1.82, 2.24) is 4.98 Å². The van der Waals surface area contributed by atoms with Crippen LogP contribution in [0.5, 0.6) is 0 Å². The molecule has 15 heavy (non-hydrogen) atoms. The first-order valence-electron chi connectivity index (χ1n) is 5.15. The summed E-state index contributed by atoms with van der Waals surface area (Å²) in [5.41, 5.74) is 0. The number of rotatable bonds is 4. The smallest absolute Gasteiger partial charge is 0.141 e. The van der Waals surface area contributed by atoms with Crippen molar-refractivity contribution in [3.8, 4) is 0 Å². The molecule has 0 unspecified atom stereocenters. The monoisotopic (exact) mass is 226 g/mol. The fourth-order valence-corrected chi connectivity index (χ4v) is 2.67.